The minimum absolute atomic E-state index is 0.377. The van der Waals surface area contributed by atoms with Crippen LogP contribution in [0.2, 0.25) is 0 Å². The number of nitrogens with zero attached hydrogens (tertiary/aromatic N) is 2. The number of hydrogen-bond donors (Lipinski definition) is 1. The standard InChI is InChI=1S/C9H15N3S/c1-4-5-7-6(2)11-9(10)12-8(7)13-3/h4-5H2,1-3H3,(H2,10,11,12). The molecule has 0 unspecified atom stereocenters. The third-order valence-electron chi connectivity index (χ3n) is 1.89. The summed E-state index contributed by atoms with van der Waals surface area (Å²) >= 11 is 1.63. The highest BCUT2D eigenvalue weighted by atomic mass is 32.2. The van der Waals surface area contributed by atoms with E-state index in [0.29, 0.717) is 5.95 Å². The van der Waals surface area contributed by atoms with Gasteiger partial charge in [-0.2, -0.15) is 0 Å². The number of rotatable bonds is 3. The molecule has 3 nitrogen and oxygen atoms in total. The van der Waals surface area contributed by atoms with Crippen molar-refractivity contribution in [3.63, 3.8) is 0 Å². The molecule has 0 saturated carbocycles. The van der Waals surface area contributed by atoms with Gasteiger partial charge in [0.15, 0.2) is 0 Å². The molecule has 0 saturated heterocycles. The predicted octanol–water partition coefficient (Wildman–Crippen LogP) is 2.04. The van der Waals surface area contributed by atoms with Crippen LogP contribution < -0.4 is 5.73 Å². The summed E-state index contributed by atoms with van der Waals surface area (Å²) in [5, 5.41) is 1.02. The van der Waals surface area contributed by atoms with Crippen LogP contribution in [0.5, 0.6) is 0 Å². The Labute approximate surface area is 83.2 Å². The number of anilines is 1. The van der Waals surface area contributed by atoms with E-state index in [2.05, 4.69) is 16.9 Å². The molecule has 1 aromatic heterocycles. The van der Waals surface area contributed by atoms with Crippen LogP contribution in [0.15, 0.2) is 5.03 Å². The molecule has 2 N–H and O–H groups in total. The Morgan fingerprint density at radius 1 is 1.38 bits per heavy atom. The number of aryl methyl sites for hydroxylation is 1. The van der Waals surface area contributed by atoms with Crippen LogP contribution in [0, 0.1) is 6.92 Å². The SMILES string of the molecule is CCCc1c(C)nc(N)nc1SC. The molecule has 0 aliphatic heterocycles. The number of hydrogen-bond acceptors (Lipinski definition) is 4. The maximum Gasteiger partial charge on any atom is 0.221 e. The van der Waals surface area contributed by atoms with Crippen molar-refractivity contribution < 1.29 is 0 Å². The molecule has 0 atom stereocenters. The largest absolute Gasteiger partial charge is 0.368 e. The first-order valence-electron chi connectivity index (χ1n) is 4.36. The zero-order valence-corrected chi connectivity index (χ0v) is 9.11. The van der Waals surface area contributed by atoms with Gasteiger partial charge in [-0.3, -0.25) is 0 Å². The lowest BCUT2D eigenvalue weighted by atomic mass is 10.1. The third-order valence-corrected chi connectivity index (χ3v) is 2.61. The van der Waals surface area contributed by atoms with E-state index >= 15 is 0 Å². The van der Waals surface area contributed by atoms with Crippen molar-refractivity contribution in [1.82, 2.24) is 9.97 Å². The first-order valence-corrected chi connectivity index (χ1v) is 5.58. The summed E-state index contributed by atoms with van der Waals surface area (Å²) < 4.78 is 0. The number of aromatic nitrogens is 2. The van der Waals surface area contributed by atoms with Crippen molar-refractivity contribution in [2.24, 2.45) is 0 Å². The lowest BCUT2D eigenvalue weighted by Gasteiger charge is -2.08. The molecule has 0 spiro atoms. The van der Waals surface area contributed by atoms with Gasteiger partial charge >= 0.3 is 0 Å². The van der Waals surface area contributed by atoms with E-state index in [9.17, 15) is 0 Å². The van der Waals surface area contributed by atoms with Gasteiger partial charge in [0.25, 0.3) is 0 Å². The average Bonchev–Trinajstić information content (AvgIpc) is 2.09. The summed E-state index contributed by atoms with van der Waals surface area (Å²) in [6.07, 6.45) is 4.16. The Morgan fingerprint density at radius 2 is 2.08 bits per heavy atom. The Balaban J connectivity index is 3.13. The molecular weight excluding hydrogens is 182 g/mol. The van der Waals surface area contributed by atoms with Gasteiger partial charge < -0.3 is 5.73 Å². The maximum atomic E-state index is 5.56. The average molecular weight is 197 g/mol. The van der Waals surface area contributed by atoms with E-state index in [1.807, 2.05) is 13.2 Å². The van der Waals surface area contributed by atoms with E-state index in [-0.39, 0.29) is 0 Å². The molecule has 0 radical (unpaired) electrons. The van der Waals surface area contributed by atoms with E-state index < -0.39 is 0 Å². The number of thioether (sulfide) groups is 1. The summed E-state index contributed by atoms with van der Waals surface area (Å²) in [5.41, 5.74) is 7.82. The molecule has 1 heterocycles. The Bertz CT molecular complexity index is 299. The molecule has 0 amide bonds. The minimum Gasteiger partial charge on any atom is -0.368 e. The van der Waals surface area contributed by atoms with Crippen LogP contribution >= 0.6 is 11.8 Å². The van der Waals surface area contributed by atoms with Crippen LogP contribution in [0.4, 0.5) is 5.95 Å². The molecular formula is C9H15N3S. The van der Waals surface area contributed by atoms with Gasteiger partial charge in [-0.1, -0.05) is 13.3 Å². The van der Waals surface area contributed by atoms with Crippen molar-refractivity contribution in [2.75, 3.05) is 12.0 Å². The Hall–Kier alpha value is -0.770. The lowest BCUT2D eigenvalue weighted by molar-refractivity contribution is 0.842. The van der Waals surface area contributed by atoms with Crippen LogP contribution in [0.1, 0.15) is 24.6 Å². The van der Waals surface area contributed by atoms with E-state index in [1.54, 1.807) is 11.8 Å². The zero-order valence-electron chi connectivity index (χ0n) is 8.29. The van der Waals surface area contributed by atoms with Gasteiger partial charge in [-0.15, -0.1) is 11.8 Å². The van der Waals surface area contributed by atoms with Gasteiger partial charge in [-0.25, -0.2) is 9.97 Å². The predicted molar refractivity (Wildman–Crippen MR) is 57.0 cm³/mol. The van der Waals surface area contributed by atoms with E-state index in [4.69, 9.17) is 5.73 Å². The Kier molecular flexibility index (Phi) is 3.54. The van der Waals surface area contributed by atoms with Gasteiger partial charge in [0.2, 0.25) is 5.95 Å². The fourth-order valence-corrected chi connectivity index (χ4v) is 1.98. The van der Waals surface area contributed by atoms with Crippen molar-refractivity contribution >= 4 is 17.7 Å². The summed E-state index contributed by atoms with van der Waals surface area (Å²) in [6.45, 7) is 4.14. The highest BCUT2D eigenvalue weighted by molar-refractivity contribution is 7.98. The molecule has 1 aromatic rings. The normalized spacial score (nSPS) is 10.4. The molecule has 0 aliphatic rings. The molecule has 0 bridgehead atoms. The summed E-state index contributed by atoms with van der Waals surface area (Å²) in [6, 6.07) is 0. The Morgan fingerprint density at radius 3 is 2.62 bits per heavy atom. The molecule has 4 heteroatoms. The fourth-order valence-electron chi connectivity index (χ4n) is 1.30. The van der Waals surface area contributed by atoms with Crippen LogP contribution in [0.25, 0.3) is 0 Å². The first-order chi connectivity index (χ1) is 6.19. The van der Waals surface area contributed by atoms with E-state index in [1.165, 1.54) is 5.56 Å². The molecule has 0 aliphatic carbocycles. The summed E-state index contributed by atoms with van der Waals surface area (Å²) in [5.74, 6) is 0.377. The minimum atomic E-state index is 0.377. The number of nitrogens with two attached hydrogens (primary N) is 1. The summed E-state index contributed by atoms with van der Waals surface area (Å²) in [4.78, 5) is 8.35. The molecule has 13 heavy (non-hydrogen) atoms. The van der Waals surface area contributed by atoms with E-state index in [0.717, 1.165) is 23.6 Å². The smallest absolute Gasteiger partial charge is 0.221 e. The van der Waals surface area contributed by atoms with Crippen molar-refractivity contribution in [1.29, 1.82) is 0 Å². The topological polar surface area (TPSA) is 51.8 Å². The zero-order chi connectivity index (χ0) is 9.84. The van der Waals surface area contributed by atoms with Crippen molar-refractivity contribution in [3.8, 4) is 0 Å². The van der Waals surface area contributed by atoms with Gasteiger partial charge in [0.1, 0.15) is 5.03 Å². The van der Waals surface area contributed by atoms with Gasteiger partial charge in [-0.05, 0) is 19.6 Å². The summed E-state index contributed by atoms with van der Waals surface area (Å²) in [7, 11) is 0. The van der Waals surface area contributed by atoms with Crippen LogP contribution in [0.3, 0.4) is 0 Å². The fraction of sp³-hybridized carbons (Fsp3) is 0.556. The molecule has 0 aromatic carbocycles. The third kappa shape index (κ3) is 2.34. The second-order valence-electron chi connectivity index (χ2n) is 2.91. The highest BCUT2D eigenvalue weighted by Crippen LogP contribution is 2.22. The second-order valence-corrected chi connectivity index (χ2v) is 3.70. The second kappa shape index (κ2) is 4.46. The van der Waals surface area contributed by atoms with Crippen LogP contribution in [-0.2, 0) is 6.42 Å². The first kappa shape index (κ1) is 10.3. The monoisotopic (exact) mass is 197 g/mol. The van der Waals surface area contributed by atoms with Gasteiger partial charge in [0, 0.05) is 11.3 Å². The van der Waals surface area contributed by atoms with Gasteiger partial charge in [0.05, 0.1) is 0 Å². The van der Waals surface area contributed by atoms with Crippen molar-refractivity contribution in [2.45, 2.75) is 31.7 Å². The molecule has 0 fully saturated rings. The van der Waals surface area contributed by atoms with Crippen molar-refractivity contribution in [3.05, 3.63) is 11.3 Å². The lowest BCUT2D eigenvalue weighted by Crippen LogP contribution is -2.03. The maximum absolute atomic E-state index is 5.56. The van der Waals surface area contributed by atoms with Crippen LogP contribution in [-0.4, -0.2) is 16.2 Å². The quantitative estimate of drug-likeness (QED) is 0.595. The molecule has 1 rings (SSSR count). The highest BCUT2D eigenvalue weighted by Gasteiger charge is 2.08. The number of nitrogen functional groups attached to an aromatic ring is 1. The molecule has 72 valence electrons.